The van der Waals surface area contributed by atoms with E-state index in [1.165, 1.54) is 0 Å². The minimum absolute atomic E-state index is 0.0855. The first kappa shape index (κ1) is 16.9. The maximum absolute atomic E-state index is 9.00. The third-order valence-electron chi connectivity index (χ3n) is 3.80. The summed E-state index contributed by atoms with van der Waals surface area (Å²) in [6.45, 7) is 7.97. The zero-order valence-corrected chi connectivity index (χ0v) is 14.8. The average molecular weight is 334 g/mol. The smallest absolute Gasteiger partial charge is 0.168 e. The summed E-state index contributed by atoms with van der Waals surface area (Å²) in [4.78, 5) is 11.1. The number of hydrogen-bond donors (Lipinski definition) is 0. The zero-order valence-electron chi connectivity index (χ0n) is 14.8. The number of rotatable bonds is 5. The van der Waals surface area contributed by atoms with Crippen LogP contribution in [0.3, 0.4) is 0 Å². The van der Waals surface area contributed by atoms with Crippen LogP contribution < -0.4 is 4.90 Å². The monoisotopic (exact) mass is 334 g/mol. The van der Waals surface area contributed by atoms with E-state index in [-0.39, 0.29) is 5.41 Å². The van der Waals surface area contributed by atoms with Crippen molar-refractivity contribution < 1.29 is 0 Å². The molecule has 0 aliphatic heterocycles. The van der Waals surface area contributed by atoms with E-state index >= 15 is 0 Å². The lowest BCUT2D eigenvalue weighted by molar-refractivity contribution is 0.410. The SMILES string of the molecule is CC(C)(C)CN(CCC#N)c1ncnc2c1cnn2-c1ccccc1. The van der Waals surface area contributed by atoms with Crippen LogP contribution in [0, 0.1) is 16.7 Å². The molecule has 0 N–H and O–H groups in total. The molecule has 0 atom stereocenters. The number of nitriles is 1. The van der Waals surface area contributed by atoms with Gasteiger partial charge in [-0.05, 0) is 17.5 Å². The van der Waals surface area contributed by atoms with Gasteiger partial charge >= 0.3 is 0 Å². The van der Waals surface area contributed by atoms with Crippen molar-refractivity contribution in [3.63, 3.8) is 0 Å². The van der Waals surface area contributed by atoms with Gasteiger partial charge in [-0.15, -0.1) is 0 Å². The third kappa shape index (κ3) is 3.77. The van der Waals surface area contributed by atoms with Gasteiger partial charge in [0, 0.05) is 13.1 Å². The van der Waals surface area contributed by atoms with Crippen molar-refractivity contribution >= 4 is 16.9 Å². The number of para-hydroxylation sites is 1. The molecule has 0 spiro atoms. The third-order valence-corrected chi connectivity index (χ3v) is 3.80. The van der Waals surface area contributed by atoms with Crippen LogP contribution in [0.5, 0.6) is 0 Å². The largest absolute Gasteiger partial charge is 0.354 e. The van der Waals surface area contributed by atoms with Crippen LogP contribution in [0.1, 0.15) is 27.2 Å². The summed E-state index contributed by atoms with van der Waals surface area (Å²) in [5, 5.41) is 14.4. The second-order valence-corrected chi connectivity index (χ2v) is 7.22. The van der Waals surface area contributed by atoms with Gasteiger partial charge in [-0.3, -0.25) is 0 Å². The summed E-state index contributed by atoms with van der Waals surface area (Å²) < 4.78 is 1.82. The molecule has 25 heavy (non-hydrogen) atoms. The molecule has 0 unspecified atom stereocenters. The van der Waals surface area contributed by atoms with Gasteiger partial charge in [-0.2, -0.15) is 10.4 Å². The minimum Gasteiger partial charge on any atom is -0.354 e. The molecule has 128 valence electrons. The minimum atomic E-state index is 0.0855. The molecular formula is C19H22N6. The van der Waals surface area contributed by atoms with Crippen molar-refractivity contribution in [1.82, 2.24) is 19.7 Å². The normalized spacial score (nSPS) is 11.4. The van der Waals surface area contributed by atoms with Crippen LogP contribution in [-0.2, 0) is 0 Å². The Morgan fingerprint density at radius 3 is 2.60 bits per heavy atom. The Morgan fingerprint density at radius 1 is 1.16 bits per heavy atom. The zero-order chi connectivity index (χ0) is 17.9. The Balaban J connectivity index is 2.06. The summed E-state index contributed by atoms with van der Waals surface area (Å²) in [5.41, 5.74) is 1.82. The van der Waals surface area contributed by atoms with Crippen molar-refractivity contribution in [2.75, 3.05) is 18.0 Å². The van der Waals surface area contributed by atoms with Crippen LogP contribution in [0.2, 0.25) is 0 Å². The molecule has 2 heterocycles. The molecule has 0 amide bonds. The van der Waals surface area contributed by atoms with Gasteiger partial charge < -0.3 is 4.90 Å². The van der Waals surface area contributed by atoms with Crippen LogP contribution in [0.25, 0.3) is 16.7 Å². The Kier molecular flexibility index (Phi) is 4.66. The van der Waals surface area contributed by atoms with Crippen molar-refractivity contribution in [3.8, 4) is 11.8 Å². The summed E-state index contributed by atoms with van der Waals surface area (Å²) in [6, 6.07) is 12.1. The Bertz CT molecular complexity index is 886. The van der Waals surface area contributed by atoms with E-state index in [9.17, 15) is 0 Å². The van der Waals surface area contributed by atoms with Gasteiger partial charge in [0.1, 0.15) is 12.1 Å². The van der Waals surface area contributed by atoms with Crippen LogP contribution >= 0.6 is 0 Å². The molecule has 0 aliphatic carbocycles. The molecule has 0 bridgehead atoms. The highest BCUT2D eigenvalue weighted by atomic mass is 15.3. The number of nitrogens with zero attached hydrogens (tertiary/aromatic N) is 6. The van der Waals surface area contributed by atoms with Gasteiger partial charge in [-0.1, -0.05) is 39.0 Å². The van der Waals surface area contributed by atoms with Crippen LogP contribution in [0.4, 0.5) is 5.82 Å². The van der Waals surface area contributed by atoms with Gasteiger partial charge in [0.15, 0.2) is 5.65 Å². The van der Waals surface area contributed by atoms with Gasteiger partial charge in [-0.25, -0.2) is 14.6 Å². The number of benzene rings is 1. The molecule has 3 aromatic rings. The fraction of sp³-hybridized carbons (Fsp3) is 0.368. The molecule has 0 fully saturated rings. The van der Waals surface area contributed by atoms with Gasteiger partial charge in [0.25, 0.3) is 0 Å². The molecule has 0 saturated carbocycles. The molecular weight excluding hydrogens is 312 g/mol. The summed E-state index contributed by atoms with van der Waals surface area (Å²) in [6.07, 6.45) is 3.83. The van der Waals surface area contributed by atoms with E-state index in [1.807, 2.05) is 35.0 Å². The van der Waals surface area contributed by atoms with Crippen molar-refractivity contribution in [2.45, 2.75) is 27.2 Å². The van der Waals surface area contributed by atoms with Crippen molar-refractivity contribution in [3.05, 3.63) is 42.9 Å². The van der Waals surface area contributed by atoms with Crippen LogP contribution in [0.15, 0.2) is 42.9 Å². The maximum atomic E-state index is 9.00. The molecule has 0 aliphatic rings. The molecule has 6 nitrogen and oxygen atoms in total. The first-order valence-electron chi connectivity index (χ1n) is 8.36. The Morgan fingerprint density at radius 2 is 1.92 bits per heavy atom. The molecule has 0 saturated heterocycles. The maximum Gasteiger partial charge on any atom is 0.168 e. The fourth-order valence-corrected chi connectivity index (χ4v) is 2.86. The lowest BCUT2D eigenvalue weighted by Gasteiger charge is -2.30. The number of aromatic nitrogens is 4. The van der Waals surface area contributed by atoms with E-state index in [1.54, 1.807) is 12.5 Å². The highest BCUT2D eigenvalue weighted by molar-refractivity contribution is 5.87. The van der Waals surface area contributed by atoms with Crippen LogP contribution in [-0.4, -0.2) is 32.8 Å². The second kappa shape index (κ2) is 6.89. The standard InChI is InChI=1S/C19H22N6/c1-19(2,3)13-24(11-7-10-20)17-16-12-23-25(18(16)22-14-21-17)15-8-5-4-6-9-15/h4-6,8-9,12,14H,7,11,13H2,1-3H3. The number of fused-ring (bicyclic) bond motifs is 1. The molecule has 6 heteroatoms. The quantitative estimate of drug-likeness (QED) is 0.713. The summed E-state index contributed by atoms with van der Waals surface area (Å²) in [7, 11) is 0. The summed E-state index contributed by atoms with van der Waals surface area (Å²) in [5.74, 6) is 0.831. The van der Waals surface area contributed by atoms with E-state index in [2.05, 4.69) is 46.8 Å². The first-order chi connectivity index (χ1) is 12.0. The van der Waals surface area contributed by atoms with Gasteiger partial charge in [0.2, 0.25) is 0 Å². The lowest BCUT2D eigenvalue weighted by Crippen LogP contribution is -2.34. The predicted molar refractivity (Wildman–Crippen MR) is 98.6 cm³/mol. The van der Waals surface area contributed by atoms with E-state index < -0.39 is 0 Å². The van der Waals surface area contributed by atoms with Crippen molar-refractivity contribution in [1.29, 1.82) is 5.26 Å². The predicted octanol–water partition coefficient (Wildman–Crippen LogP) is 3.58. The molecule has 2 aromatic heterocycles. The Hall–Kier alpha value is -2.94. The summed E-state index contributed by atoms with van der Waals surface area (Å²) >= 11 is 0. The fourth-order valence-electron chi connectivity index (χ4n) is 2.86. The second-order valence-electron chi connectivity index (χ2n) is 7.22. The number of hydrogen-bond acceptors (Lipinski definition) is 5. The van der Waals surface area contributed by atoms with E-state index in [0.29, 0.717) is 13.0 Å². The first-order valence-corrected chi connectivity index (χ1v) is 8.36. The highest BCUT2D eigenvalue weighted by Gasteiger charge is 2.21. The molecule has 1 aromatic carbocycles. The topological polar surface area (TPSA) is 70.6 Å². The lowest BCUT2D eigenvalue weighted by atomic mass is 9.96. The van der Waals surface area contributed by atoms with E-state index in [4.69, 9.17) is 5.26 Å². The highest BCUT2D eigenvalue weighted by Crippen LogP contribution is 2.27. The van der Waals surface area contributed by atoms with Crippen molar-refractivity contribution in [2.24, 2.45) is 5.41 Å². The molecule has 0 radical (unpaired) electrons. The van der Waals surface area contributed by atoms with Gasteiger partial charge in [0.05, 0.1) is 29.8 Å². The molecule has 3 rings (SSSR count). The average Bonchev–Trinajstić information content (AvgIpc) is 3.02. The van der Waals surface area contributed by atoms with E-state index in [0.717, 1.165) is 29.1 Å². The Labute approximate surface area is 147 Å². The number of anilines is 1.